The summed E-state index contributed by atoms with van der Waals surface area (Å²) in [5, 5.41) is 17.2. The molecule has 2 aliphatic rings. The van der Waals surface area contributed by atoms with Crippen molar-refractivity contribution in [1.82, 2.24) is 20.4 Å². The van der Waals surface area contributed by atoms with Crippen LogP contribution in [0.5, 0.6) is 0 Å². The minimum absolute atomic E-state index is 0. The highest BCUT2D eigenvalue weighted by Gasteiger charge is 2.25. The Morgan fingerprint density at radius 1 is 1.16 bits per heavy atom. The maximum Gasteiger partial charge on any atom is 0.269 e. The first kappa shape index (κ1) is 25.3. The van der Waals surface area contributed by atoms with Crippen molar-refractivity contribution in [2.45, 2.75) is 38.1 Å². The number of halogens is 1. The lowest BCUT2D eigenvalue weighted by molar-refractivity contribution is -0.384. The van der Waals surface area contributed by atoms with E-state index < -0.39 is 0 Å². The van der Waals surface area contributed by atoms with Gasteiger partial charge in [-0.25, -0.2) is 0 Å². The van der Waals surface area contributed by atoms with Gasteiger partial charge in [-0.15, -0.1) is 24.0 Å². The smallest absolute Gasteiger partial charge is 0.269 e. The number of hydrogen-bond donors (Lipinski definition) is 2. The number of amides is 1. The van der Waals surface area contributed by atoms with Crippen LogP contribution in [-0.4, -0.2) is 78.9 Å². The van der Waals surface area contributed by atoms with Crippen molar-refractivity contribution in [2.24, 2.45) is 4.99 Å². The number of carbonyl (C=O) groups is 1. The van der Waals surface area contributed by atoms with Gasteiger partial charge < -0.3 is 15.5 Å². The summed E-state index contributed by atoms with van der Waals surface area (Å²) in [4.78, 5) is 31.1. The van der Waals surface area contributed by atoms with E-state index in [1.54, 1.807) is 19.2 Å². The van der Waals surface area contributed by atoms with Crippen molar-refractivity contribution in [2.75, 3.05) is 46.3 Å². The van der Waals surface area contributed by atoms with Crippen LogP contribution in [0.15, 0.2) is 29.3 Å². The number of unbranched alkanes of at least 4 members (excludes halogenated alkanes) is 1. The summed E-state index contributed by atoms with van der Waals surface area (Å²) >= 11 is 0. The van der Waals surface area contributed by atoms with Gasteiger partial charge in [0.25, 0.3) is 5.69 Å². The second-order valence-electron chi connectivity index (χ2n) is 7.96. The number of aryl methyl sites for hydroxylation is 1. The highest BCUT2D eigenvalue weighted by molar-refractivity contribution is 14.0. The van der Waals surface area contributed by atoms with Gasteiger partial charge in [0.15, 0.2) is 5.96 Å². The van der Waals surface area contributed by atoms with E-state index in [1.807, 2.05) is 12.1 Å². The van der Waals surface area contributed by atoms with Crippen LogP contribution in [-0.2, 0) is 11.2 Å². The monoisotopic (exact) mass is 544 g/mol. The van der Waals surface area contributed by atoms with Gasteiger partial charge in [0.1, 0.15) is 0 Å². The lowest BCUT2D eigenvalue weighted by Gasteiger charge is -2.36. The maximum atomic E-state index is 12.0. The highest BCUT2D eigenvalue weighted by atomic mass is 127. The van der Waals surface area contributed by atoms with Crippen LogP contribution in [0.2, 0.25) is 0 Å². The molecule has 2 N–H and O–H groups in total. The Kier molecular flexibility index (Phi) is 10.4. The Bertz CT molecular complexity index is 746. The van der Waals surface area contributed by atoms with Gasteiger partial charge in [0.2, 0.25) is 5.91 Å². The van der Waals surface area contributed by atoms with Crippen molar-refractivity contribution in [1.29, 1.82) is 0 Å². The molecule has 9 nitrogen and oxygen atoms in total. The Morgan fingerprint density at radius 3 is 2.42 bits per heavy atom. The van der Waals surface area contributed by atoms with E-state index in [1.165, 1.54) is 0 Å². The molecule has 0 atom stereocenters. The average molecular weight is 544 g/mol. The lowest BCUT2D eigenvalue weighted by Crippen LogP contribution is -2.54. The number of guanidine groups is 1. The Balaban J connectivity index is 0.00000341. The van der Waals surface area contributed by atoms with E-state index in [0.29, 0.717) is 12.6 Å². The van der Waals surface area contributed by atoms with Crippen LogP contribution in [0, 0.1) is 10.1 Å². The predicted octanol–water partition coefficient (Wildman–Crippen LogP) is 2.01. The largest absolute Gasteiger partial charge is 0.356 e. The van der Waals surface area contributed by atoms with Crippen LogP contribution in [0.1, 0.15) is 31.2 Å². The normalized spacial score (nSPS) is 17.1. The summed E-state index contributed by atoms with van der Waals surface area (Å²) in [7, 11) is 1.80. The SMILES string of the molecule is CN=C(NCCCCc1ccc([N+](=O)[O-])cc1)N1CCN(CC(=O)NC2CC2)CC1.I. The standard InChI is InChI=1S/C21H32N6O3.HI/c1-22-21(23-11-3-2-4-17-5-9-19(10-6-17)27(29)30)26-14-12-25(13-15-26)16-20(28)24-18-7-8-18;/h5-6,9-10,18H,2-4,7-8,11-16H2,1H3,(H,22,23)(H,24,28);1H. The summed E-state index contributed by atoms with van der Waals surface area (Å²) in [5.41, 5.74) is 1.25. The molecule has 172 valence electrons. The summed E-state index contributed by atoms with van der Waals surface area (Å²) in [6, 6.07) is 7.20. The fraction of sp³-hybridized carbons (Fsp3) is 0.619. The number of rotatable bonds is 9. The fourth-order valence-electron chi connectivity index (χ4n) is 3.59. The molecule has 1 amide bonds. The number of nitro groups is 1. The van der Waals surface area contributed by atoms with Gasteiger partial charge in [-0.3, -0.25) is 24.8 Å². The molecule has 1 aromatic rings. The zero-order valence-corrected chi connectivity index (χ0v) is 20.4. The van der Waals surface area contributed by atoms with E-state index in [2.05, 4.69) is 25.4 Å². The minimum Gasteiger partial charge on any atom is -0.356 e. The molecule has 1 saturated heterocycles. The second-order valence-corrected chi connectivity index (χ2v) is 7.96. The molecule has 31 heavy (non-hydrogen) atoms. The molecule has 1 saturated carbocycles. The average Bonchev–Trinajstić information content (AvgIpc) is 3.55. The van der Waals surface area contributed by atoms with Gasteiger partial charge in [-0.05, 0) is 37.7 Å². The Hall–Kier alpha value is -1.95. The van der Waals surface area contributed by atoms with E-state index >= 15 is 0 Å². The number of nitrogens with one attached hydrogen (secondary N) is 2. The lowest BCUT2D eigenvalue weighted by atomic mass is 10.1. The number of nitrogens with zero attached hydrogens (tertiary/aromatic N) is 4. The van der Waals surface area contributed by atoms with Gasteiger partial charge >= 0.3 is 0 Å². The minimum atomic E-state index is -0.373. The third-order valence-electron chi connectivity index (χ3n) is 5.52. The number of nitro benzene ring substituents is 1. The Labute approximate surface area is 200 Å². The molecule has 0 bridgehead atoms. The van der Waals surface area contributed by atoms with Gasteiger partial charge in [0.05, 0.1) is 11.5 Å². The van der Waals surface area contributed by atoms with Crippen molar-refractivity contribution in [3.05, 3.63) is 39.9 Å². The molecule has 1 aliphatic heterocycles. The molecule has 10 heteroatoms. The van der Waals surface area contributed by atoms with Crippen LogP contribution < -0.4 is 10.6 Å². The number of benzene rings is 1. The fourth-order valence-corrected chi connectivity index (χ4v) is 3.59. The van der Waals surface area contributed by atoms with Crippen molar-refractivity contribution < 1.29 is 9.72 Å². The molecule has 1 aromatic carbocycles. The topological polar surface area (TPSA) is 103 Å². The van der Waals surface area contributed by atoms with Gasteiger partial charge in [-0.2, -0.15) is 0 Å². The first-order valence-corrected chi connectivity index (χ1v) is 10.8. The van der Waals surface area contributed by atoms with Crippen LogP contribution in [0.4, 0.5) is 5.69 Å². The summed E-state index contributed by atoms with van der Waals surface area (Å²) in [6.07, 6.45) is 5.15. The van der Waals surface area contributed by atoms with E-state index in [0.717, 1.165) is 76.4 Å². The number of hydrogen-bond acceptors (Lipinski definition) is 5. The first-order valence-electron chi connectivity index (χ1n) is 10.8. The number of non-ortho nitro benzene ring substituents is 1. The summed E-state index contributed by atoms with van der Waals surface area (Å²) < 4.78 is 0. The van der Waals surface area contributed by atoms with E-state index in [-0.39, 0.29) is 40.5 Å². The van der Waals surface area contributed by atoms with Gasteiger partial charge in [0, 0.05) is 57.9 Å². The van der Waals surface area contributed by atoms with Crippen molar-refractivity contribution in [3.8, 4) is 0 Å². The zero-order valence-electron chi connectivity index (χ0n) is 18.1. The molecule has 0 unspecified atom stereocenters. The predicted molar refractivity (Wildman–Crippen MR) is 132 cm³/mol. The van der Waals surface area contributed by atoms with E-state index in [4.69, 9.17) is 0 Å². The number of carbonyl (C=O) groups excluding carboxylic acids is 1. The summed E-state index contributed by atoms with van der Waals surface area (Å²) in [6.45, 7) is 4.76. The van der Waals surface area contributed by atoms with Crippen LogP contribution >= 0.6 is 24.0 Å². The first-order chi connectivity index (χ1) is 14.5. The zero-order chi connectivity index (χ0) is 21.3. The molecule has 1 aliphatic carbocycles. The Morgan fingerprint density at radius 2 is 1.84 bits per heavy atom. The quantitative estimate of drug-likeness (QED) is 0.123. The van der Waals surface area contributed by atoms with Crippen LogP contribution in [0.3, 0.4) is 0 Å². The second kappa shape index (κ2) is 12.8. The number of aliphatic imine (C=N–C) groups is 1. The molecule has 3 rings (SSSR count). The third-order valence-corrected chi connectivity index (χ3v) is 5.52. The molecular weight excluding hydrogens is 511 g/mol. The van der Waals surface area contributed by atoms with Crippen molar-refractivity contribution >= 4 is 41.5 Å². The van der Waals surface area contributed by atoms with Crippen LogP contribution in [0.25, 0.3) is 0 Å². The molecular formula is C21H33IN6O3. The molecule has 0 radical (unpaired) electrons. The molecule has 0 spiro atoms. The molecule has 0 aromatic heterocycles. The highest BCUT2D eigenvalue weighted by Crippen LogP contribution is 2.18. The third kappa shape index (κ3) is 8.60. The van der Waals surface area contributed by atoms with Gasteiger partial charge in [-0.1, -0.05) is 12.1 Å². The maximum absolute atomic E-state index is 12.0. The molecule has 2 fully saturated rings. The van der Waals surface area contributed by atoms with Crippen molar-refractivity contribution in [3.63, 3.8) is 0 Å². The van der Waals surface area contributed by atoms with E-state index in [9.17, 15) is 14.9 Å². The summed E-state index contributed by atoms with van der Waals surface area (Å²) in [5.74, 6) is 1.05. The number of piperazine rings is 1. The molecule has 1 heterocycles.